The third-order valence-corrected chi connectivity index (χ3v) is 5.03. The van der Waals surface area contributed by atoms with Gasteiger partial charge in [0.05, 0.1) is 19.3 Å². The van der Waals surface area contributed by atoms with Crippen LogP contribution in [0.5, 0.6) is 11.5 Å². The number of hydrogen-bond donors (Lipinski definition) is 2. The summed E-state index contributed by atoms with van der Waals surface area (Å²) >= 11 is 0. The van der Waals surface area contributed by atoms with Crippen LogP contribution in [0.4, 0.5) is 0 Å². The summed E-state index contributed by atoms with van der Waals surface area (Å²) < 4.78 is 16.3. The van der Waals surface area contributed by atoms with Gasteiger partial charge in [0, 0.05) is 24.4 Å². The molecule has 0 spiro atoms. The highest BCUT2D eigenvalue weighted by molar-refractivity contribution is 5.44. The van der Waals surface area contributed by atoms with Crippen LogP contribution in [0, 0.1) is 0 Å². The van der Waals surface area contributed by atoms with Crippen molar-refractivity contribution in [3.63, 3.8) is 0 Å². The van der Waals surface area contributed by atoms with Gasteiger partial charge in [0.15, 0.2) is 11.5 Å². The number of aliphatic hydroxyl groups excluding tert-OH is 1. The van der Waals surface area contributed by atoms with Gasteiger partial charge in [-0.3, -0.25) is 5.10 Å². The Hall–Kier alpha value is -2.09. The number of likely N-dealkylation sites (tertiary alicyclic amines) is 1. The summed E-state index contributed by atoms with van der Waals surface area (Å²) in [4.78, 5) is 2.31. The minimum atomic E-state index is -0.479. The van der Waals surface area contributed by atoms with Crippen molar-refractivity contribution >= 4 is 0 Å². The van der Waals surface area contributed by atoms with Crippen molar-refractivity contribution in [1.82, 2.24) is 15.1 Å². The van der Waals surface area contributed by atoms with Crippen LogP contribution in [-0.2, 0) is 11.3 Å². The molecule has 0 radical (unpaired) electrons. The molecule has 0 saturated carbocycles. The molecular weight excluding hydrogens is 334 g/mol. The lowest BCUT2D eigenvalue weighted by Gasteiger charge is -2.32. The van der Waals surface area contributed by atoms with E-state index in [1.807, 2.05) is 24.4 Å². The Balaban J connectivity index is 1.16. The summed E-state index contributed by atoms with van der Waals surface area (Å²) in [6.07, 6.45) is 3.51. The number of hydrogen-bond acceptors (Lipinski definition) is 6. The average Bonchev–Trinajstić information content (AvgIpc) is 3.34. The van der Waals surface area contributed by atoms with Crippen LogP contribution >= 0.6 is 0 Å². The number of piperidine rings is 1. The first-order valence-corrected chi connectivity index (χ1v) is 9.14. The van der Waals surface area contributed by atoms with Crippen LogP contribution in [0.3, 0.4) is 0 Å². The number of rotatable bonds is 7. The largest absolute Gasteiger partial charge is 0.454 e. The number of nitrogens with one attached hydrogen (secondary N) is 1. The molecule has 140 valence electrons. The summed E-state index contributed by atoms with van der Waals surface area (Å²) in [6.45, 7) is 3.68. The number of H-pyrrole nitrogens is 1. The quantitative estimate of drug-likeness (QED) is 0.786. The van der Waals surface area contributed by atoms with Gasteiger partial charge in [0.1, 0.15) is 0 Å². The lowest BCUT2D eigenvalue weighted by atomic mass is 9.93. The van der Waals surface area contributed by atoms with Crippen LogP contribution in [0.1, 0.15) is 30.0 Å². The number of aromatic amines is 1. The Labute approximate surface area is 152 Å². The smallest absolute Gasteiger partial charge is 0.231 e. The maximum absolute atomic E-state index is 10.3. The zero-order valence-electron chi connectivity index (χ0n) is 14.8. The Morgan fingerprint density at radius 2 is 2.08 bits per heavy atom. The second kappa shape index (κ2) is 8.07. The molecule has 1 saturated heterocycles. The first-order valence-electron chi connectivity index (χ1n) is 9.14. The van der Waals surface area contributed by atoms with Crippen LogP contribution in [-0.4, -0.2) is 59.3 Å². The summed E-state index contributed by atoms with van der Waals surface area (Å²) in [5.74, 6) is 2.08. The number of aromatic nitrogens is 2. The van der Waals surface area contributed by atoms with Gasteiger partial charge in [0.25, 0.3) is 0 Å². The Morgan fingerprint density at radius 1 is 1.23 bits per heavy atom. The van der Waals surface area contributed by atoms with Crippen LogP contribution in [0.25, 0.3) is 0 Å². The van der Waals surface area contributed by atoms with E-state index in [-0.39, 0.29) is 6.79 Å². The molecule has 1 fully saturated rings. The summed E-state index contributed by atoms with van der Waals surface area (Å²) in [6, 6.07) is 7.83. The fourth-order valence-electron chi connectivity index (χ4n) is 3.61. The van der Waals surface area contributed by atoms with Gasteiger partial charge in [-0.1, -0.05) is 6.07 Å². The average molecular weight is 359 g/mol. The summed E-state index contributed by atoms with van der Waals surface area (Å²) in [5, 5.41) is 17.4. The maximum atomic E-state index is 10.3. The minimum absolute atomic E-state index is 0.273. The van der Waals surface area contributed by atoms with Crippen molar-refractivity contribution in [2.45, 2.75) is 31.5 Å². The topological polar surface area (TPSA) is 79.8 Å². The lowest BCUT2D eigenvalue weighted by Crippen LogP contribution is -2.39. The second-order valence-electron chi connectivity index (χ2n) is 6.94. The number of aliphatic hydroxyl groups is 1. The fourth-order valence-corrected chi connectivity index (χ4v) is 3.61. The molecule has 26 heavy (non-hydrogen) atoms. The van der Waals surface area contributed by atoms with Gasteiger partial charge >= 0.3 is 0 Å². The van der Waals surface area contributed by atoms with Crippen molar-refractivity contribution in [2.24, 2.45) is 0 Å². The SMILES string of the molecule is OC(COCc1ccc2c(c1)OCO2)CN1CCC(c2ccn[nH]2)CC1. The van der Waals surface area contributed by atoms with Crippen molar-refractivity contribution in [1.29, 1.82) is 0 Å². The van der Waals surface area contributed by atoms with E-state index < -0.39 is 6.10 Å². The molecule has 1 aromatic carbocycles. The second-order valence-corrected chi connectivity index (χ2v) is 6.94. The Bertz CT molecular complexity index is 699. The molecule has 7 nitrogen and oxygen atoms in total. The zero-order chi connectivity index (χ0) is 17.8. The highest BCUT2D eigenvalue weighted by atomic mass is 16.7. The number of ether oxygens (including phenoxy) is 3. The molecule has 1 aromatic heterocycles. The highest BCUT2D eigenvalue weighted by Gasteiger charge is 2.23. The van der Waals surface area contributed by atoms with E-state index in [2.05, 4.69) is 21.2 Å². The number of fused-ring (bicyclic) bond motifs is 1. The predicted molar refractivity (Wildman–Crippen MR) is 95.2 cm³/mol. The summed E-state index contributed by atoms with van der Waals surface area (Å²) in [7, 11) is 0. The molecule has 1 atom stereocenters. The first kappa shape index (κ1) is 17.3. The molecular formula is C19H25N3O4. The Kier molecular flexibility index (Phi) is 5.38. The predicted octanol–water partition coefficient (Wildman–Crippen LogP) is 1.90. The van der Waals surface area contributed by atoms with Gasteiger partial charge in [-0.25, -0.2) is 0 Å². The van der Waals surface area contributed by atoms with E-state index in [0.29, 0.717) is 25.7 Å². The van der Waals surface area contributed by atoms with Crippen molar-refractivity contribution in [3.8, 4) is 11.5 Å². The van der Waals surface area contributed by atoms with E-state index in [9.17, 15) is 5.11 Å². The molecule has 0 amide bonds. The van der Waals surface area contributed by atoms with E-state index in [0.717, 1.165) is 43.0 Å². The highest BCUT2D eigenvalue weighted by Crippen LogP contribution is 2.32. The van der Waals surface area contributed by atoms with E-state index >= 15 is 0 Å². The van der Waals surface area contributed by atoms with Crippen LogP contribution in [0.2, 0.25) is 0 Å². The molecule has 1 unspecified atom stereocenters. The van der Waals surface area contributed by atoms with Gasteiger partial charge in [-0.2, -0.15) is 5.10 Å². The first-order chi connectivity index (χ1) is 12.8. The molecule has 2 N–H and O–H groups in total. The van der Waals surface area contributed by atoms with Crippen molar-refractivity contribution < 1.29 is 19.3 Å². The van der Waals surface area contributed by atoms with Gasteiger partial charge in [-0.05, 0) is 49.7 Å². The lowest BCUT2D eigenvalue weighted by molar-refractivity contribution is 0.00613. The Morgan fingerprint density at radius 3 is 2.88 bits per heavy atom. The van der Waals surface area contributed by atoms with Crippen molar-refractivity contribution in [3.05, 3.63) is 41.7 Å². The van der Waals surface area contributed by atoms with E-state index in [1.165, 1.54) is 5.69 Å². The normalized spacial score (nSPS) is 19.0. The number of β-amino-alcohol motifs (C(OH)–C–C–N with tert-alkyl or cyclic N) is 1. The molecule has 2 aliphatic heterocycles. The maximum Gasteiger partial charge on any atom is 0.231 e. The molecule has 2 aliphatic rings. The van der Waals surface area contributed by atoms with E-state index in [1.54, 1.807) is 0 Å². The van der Waals surface area contributed by atoms with E-state index in [4.69, 9.17) is 14.2 Å². The minimum Gasteiger partial charge on any atom is -0.454 e. The summed E-state index contributed by atoms with van der Waals surface area (Å²) in [5.41, 5.74) is 2.24. The number of benzene rings is 1. The molecule has 3 heterocycles. The third kappa shape index (κ3) is 4.17. The molecule has 2 aromatic rings. The van der Waals surface area contributed by atoms with Gasteiger partial charge < -0.3 is 24.2 Å². The van der Waals surface area contributed by atoms with Gasteiger partial charge in [-0.15, -0.1) is 0 Å². The zero-order valence-corrected chi connectivity index (χ0v) is 14.8. The van der Waals surface area contributed by atoms with Crippen LogP contribution in [0.15, 0.2) is 30.5 Å². The number of nitrogens with zero attached hydrogens (tertiary/aromatic N) is 2. The fraction of sp³-hybridized carbons (Fsp3) is 0.526. The molecule has 4 rings (SSSR count). The van der Waals surface area contributed by atoms with Crippen LogP contribution < -0.4 is 9.47 Å². The third-order valence-electron chi connectivity index (χ3n) is 5.03. The molecule has 0 bridgehead atoms. The molecule has 7 heteroatoms. The molecule has 0 aliphatic carbocycles. The standard InChI is InChI=1S/C19H25N3O4/c23-16(10-22-7-4-15(5-8-22)17-3-6-20-21-17)12-24-11-14-1-2-18-19(9-14)26-13-25-18/h1-3,6,9,15-16,23H,4-5,7-8,10-13H2,(H,20,21). The van der Waals surface area contributed by atoms with Gasteiger partial charge in [0.2, 0.25) is 6.79 Å². The monoisotopic (exact) mass is 359 g/mol. The van der Waals surface area contributed by atoms with Crippen molar-refractivity contribution in [2.75, 3.05) is 33.0 Å².